The van der Waals surface area contributed by atoms with E-state index in [1.807, 2.05) is 55.5 Å². The Hall–Kier alpha value is -4.13. The van der Waals surface area contributed by atoms with Crippen LogP contribution in [0.5, 0.6) is 0 Å². The van der Waals surface area contributed by atoms with Gasteiger partial charge in [-0.15, -0.1) is 0 Å². The van der Waals surface area contributed by atoms with Crippen molar-refractivity contribution in [2.45, 2.75) is 65.7 Å². The van der Waals surface area contributed by atoms with Crippen molar-refractivity contribution in [2.75, 3.05) is 11.9 Å². The zero-order valence-corrected chi connectivity index (χ0v) is 26.5. The largest absolute Gasteiger partial charge is 0.481 e. The lowest BCUT2D eigenvalue weighted by Gasteiger charge is -2.46. The zero-order valence-electron chi connectivity index (χ0n) is 26.5. The van der Waals surface area contributed by atoms with Gasteiger partial charge in [0.25, 0.3) is 0 Å². The van der Waals surface area contributed by atoms with Crippen LogP contribution in [-0.4, -0.2) is 34.7 Å². The molecule has 0 aliphatic heterocycles. The lowest BCUT2D eigenvalue weighted by molar-refractivity contribution is -0.152. The van der Waals surface area contributed by atoms with E-state index in [1.54, 1.807) is 12.1 Å². The van der Waals surface area contributed by atoms with Crippen LogP contribution in [0.15, 0.2) is 84.0 Å². The number of carbonyl (C=O) groups excluding carboxylic acids is 1. The van der Waals surface area contributed by atoms with E-state index in [9.17, 15) is 24.6 Å². The molecule has 7 nitrogen and oxygen atoms in total. The first-order valence-corrected chi connectivity index (χ1v) is 16.2. The highest BCUT2D eigenvalue weighted by Gasteiger charge is 2.52. The van der Waals surface area contributed by atoms with Crippen molar-refractivity contribution in [1.29, 1.82) is 0 Å². The Bertz CT molecular complexity index is 1480. The predicted octanol–water partition coefficient (Wildman–Crippen LogP) is 8.35. The van der Waals surface area contributed by atoms with Gasteiger partial charge in [-0.05, 0) is 120 Å². The van der Waals surface area contributed by atoms with Gasteiger partial charge in [0.1, 0.15) is 0 Å². The van der Waals surface area contributed by atoms with Gasteiger partial charge in [-0.2, -0.15) is 0 Å². The molecule has 7 heteroatoms. The molecule has 238 valence electrons. The predicted molar refractivity (Wildman–Crippen MR) is 175 cm³/mol. The molecule has 0 bridgehead atoms. The highest BCUT2D eigenvalue weighted by atomic mass is 16.5. The number of hydrogen-bond acceptors (Lipinski definition) is 5. The summed E-state index contributed by atoms with van der Waals surface area (Å²) in [6, 6.07) is 15.3. The molecule has 1 saturated carbocycles. The molecule has 0 spiro atoms. The Kier molecular flexibility index (Phi) is 9.96. The molecule has 45 heavy (non-hydrogen) atoms. The van der Waals surface area contributed by atoms with E-state index in [0.717, 1.165) is 42.6 Å². The molecule has 0 heterocycles. The normalized spacial score (nSPS) is 28.0. The second-order valence-corrected chi connectivity index (χ2v) is 13.3. The van der Waals surface area contributed by atoms with Crippen molar-refractivity contribution in [3.63, 3.8) is 0 Å². The van der Waals surface area contributed by atoms with E-state index < -0.39 is 17.4 Å². The maximum absolute atomic E-state index is 13.0. The van der Waals surface area contributed by atoms with Gasteiger partial charge in [0.05, 0.1) is 23.5 Å². The zero-order chi connectivity index (χ0) is 32.1. The summed E-state index contributed by atoms with van der Waals surface area (Å²) in [5, 5.41) is 23.3. The number of anilines is 2. The Balaban J connectivity index is 1.19. The van der Waals surface area contributed by atoms with Crippen LogP contribution in [0.25, 0.3) is 0 Å². The Labute approximate surface area is 266 Å². The Morgan fingerprint density at radius 3 is 2.18 bits per heavy atom. The molecule has 2 aromatic rings. The average Bonchev–Trinajstić information content (AvgIpc) is 3.02. The first-order chi connectivity index (χ1) is 21.5. The summed E-state index contributed by atoms with van der Waals surface area (Å²) < 4.78 is 5.63. The summed E-state index contributed by atoms with van der Waals surface area (Å²) in [7, 11) is 0. The van der Waals surface area contributed by atoms with E-state index in [2.05, 4.69) is 31.3 Å². The number of aliphatic carboxylic acids is 2. The molecule has 1 fully saturated rings. The Morgan fingerprint density at radius 2 is 1.56 bits per heavy atom. The van der Waals surface area contributed by atoms with E-state index in [4.69, 9.17) is 4.74 Å². The summed E-state index contributed by atoms with van der Waals surface area (Å²) in [5.41, 5.74) is 4.88. The summed E-state index contributed by atoms with van der Waals surface area (Å²) in [6.07, 6.45) is 13.3. The summed E-state index contributed by atoms with van der Waals surface area (Å²) in [5.74, 6) is -2.07. The van der Waals surface area contributed by atoms with Gasteiger partial charge in [0, 0.05) is 17.3 Å². The highest BCUT2D eigenvalue weighted by Crippen LogP contribution is 2.53. The maximum Gasteiger partial charge on any atom is 0.338 e. The quantitative estimate of drug-likeness (QED) is 0.183. The van der Waals surface area contributed by atoms with E-state index in [0.29, 0.717) is 24.8 Å². The first-order valence-electron chi connectivity index (χ1n) is 16.2. The molecule has 0 saturated heterocycles. The fraction of sp³-hybridized carbons (Fsp3) is 0.447. The minimum Gasteiger partial charge on any atom is -0.481 e. The summed E-state index contributed by atoms with van der Waals surface area (Å²) in [4.78, 5) is 37.1. The molecule has 2 aromatic carbocycles. The van der Waals surface area contributed by atoms with Crippen molar-refractivity contribution in [3.05, 3.63) is 95.1 Å². The van der Waals surface area contributed by atoms with E-state index in [1.165, 1.54) is 11.1 Å². The molecule has 4 atom stereocenters. The van der Waals surface area contributed by atoms with Crippen LogP contribution in [0.2, 0.25) is 0 Å². The van der Waals surface area contributed by atoms with Crippen LogP contribution in [0.4, 0.5) is 11.4 Å². The van der Waals surface area contributed by atoms with Gasteiger partial charge < -0.3 is 20.3 Å². The van der Waals surface area contributed by atoms with Gasteiger partial charge in [0.15, 0.2) is 0 Å². The molecule has 0 unspecified atom stereocenters. The summed E-state index contributed by atoms with van der Waals surface area (Å²) >= 11 is 0. The Morgan fingerprint density at radius 1 is 0.933 bits per heavy atom. The number of allylic oxidation sites excluding steroid dienone is 5. The minimum atomic E-state index is -1.01. The van der Waals surface area contributed by atoms with E-state index >= 15 is 0 Å². The minimum absolute atomic E-state index is 0.0592. The van der Waals surface area contributed by atoms with E-state index in [-0.39, 0.29) is 42.2 Å². The van der Waals surface area contributed by atoms with Crippen LogP contribution >= 0.6 is 0 Å². The van der Waals surface area contributed by atoms with Gasteiger partial charge in [0.2, 0.25) is 0 Å². The van der Waals surface area contributed by atoms with Crippen LogP contribution < -0.4 is 5.32 Å². The second-order valence-electron chi connectivity index (χ2n) is 13.3. The molecule has 5 rings (SSSR count). The molecule has 0 aromatic heterocycles. The second kappa shape index (κ2) is 13.9. The van der Waals surface area contributed by atoms with Crippen molar-refractivity contribution in [2.24, 2.45) is 35.0 Å². The van der Waals surface area contributed by atoms with Crippen molar-refractivity contribution in [1.82, 2.24) is 0 Å². The number of benzene rings is 2. The molecule has 3 aliphatic carbocycles. The number of carboxylic acid groups (broad SMARTS) is 2. The monoisotopic (exact) mass is 611 g/mol. The lowest BCUT2D eigenvalue weighted by atomic mass is 9.56. The standard InChI is InChI=1S/C38H45NO6/c1-24-4-12-33(13-5-24)39-34-14-10-30(11-15-34)36(42)45-19-17-27-16-18-38(37(43)44)31(20-25(2)21-32(38)23-27)22-26(3)28-6-8-29(9-7-28)35(40)41/h4-5,10-16,18,20,22,27-29,31-32,39H,6-9,17,19,21,23H2,1-3H3,(H,40,41)(H,43,44)/b26-22+/t27-,28?,29?,31-,32-,38+/m1/s1. The fourth-order valence-corrected chi connectivity index (χ4v) is 7.49. The third-order valence-electron chi connectivity index (χ3n) is 10.2. The van der Waals surface area contributed by atoms with Gasteiger partial charge in [-0.25, -0.2) is 4.79 Å². The van der Waals surface area contributed by atoms with Crippen LogP contribution in [-0.2, 0) is 14.3 Å². The van der Waals surface area contributed by atoms with Gasteiger partial charge in [-0.1, -0.05) is 53.1 Å². The summed E-state index contributed by atoms with van der Waals surface area (Å²) in [6.45, 7) is 6.46. The van der Waals surface area contributed by atoms with Crippen LogP contribution in [0, 0.1) is 41.9 Å². The molecule has 3 N–H and O–H groups in total. The molecular formula is C38H45NO6. The first kappa shape index (κ1) is 32.3. The topological polar surface area (TPSA) is 113 Å². The van der Waals surface area contributed by atoms with Crippen molar-refractivity contribution >= 4 is 29.3 Å². The third kappa shape index (κ3) is 7.41. The molecule has 0 amide bonds. The smallest absolute Gasteiger partial charge is 0.338 e. The molecule has 3 aliphatic rings. The number of carboxylic acids is 2. The number of esters is 1. The van der Waals surface area contributed by atoms with Gasteiger partial charge in [-0.3, -0.25) is 9.59 Å². The molecule has 0 radical (unpaired) electrons. The third-order valence-corrected chi connectivity index (χ3v) is 10.2. The molecular weight excluding hydrogens is 566 g/mol. The average molecular weight is 612 g/mol. The number of ether oxygens (including phenoxy) is 1. The van der Waals surface area contributed by atoms with Crippen molar-refractivity contribution in [3.8, 4) is 0 Å². The van der Waals surface area contributed by atoms with Crippen LogP contribution in [0.1, 0.15) is 74.7 Å². The number of fused-ring (bicyclic) bond motifs is 1. The van der Waals surface area contributed by atoms with Crippen molar-refractivity contribution < 1.29 is 29.3 Å². The number of carbonyl (C=O) groups is 3. The maximum atomic E-state index is 13.0. The van der Waals surface area contributed by atoms with Crippen LogP contribution in [0.3, 0.4) is 0 Å². The number of aryl methyl sites for hydroxylation is 1. The SMILES string of the molecule is CC1=C[C@H](/C=C(\C)C2CCC(C(=O)O)CC2)[C@@]2(C(=O)O)C=C[C@H](CCOC(=O)c3ccc(Nc4ccc(C)cc4)cc3)C[C@H]2C1. The number of nitrogens with one attached hydrogen (secondary N) is 1. The lowest BCUT2D eigenvalue weighted by Crippen LogP contribution is -2.47. The number of hydrogen-bond donors (Lipinski definition) is 3. The van der Waals surface area contributed by atoms with Gasteiger partial charge >= 0.3 is 17.9 Å². The number of rotatable bonds is 10. The fourth-order valence-electron chi connectivity index (χ4n) is 7.49. The highest BCUT2D eigenvalue weighted by molar-refractivity contribution is 5.90.